The van der Waals surface area contributed by atoms with Crippen LogP contribution in [0.15, 0.2) is 79.0 Å². The van der Waals surface area contributed by atoms with Crippen LogP contribution in [0.5, 0.6) is 0 Å². The predicted molar refractivity (Wildman–Crippen MR) is 96.7 cm³/mol. The summed E-state index contributed by atoms with van der Waals surface area (Å²) < 4.78 is 0. The Labute approximate surface area is 143 Å². The SMILES string of the molecule is Cc1ccccc1C(O)CNC(c1ccccc1)c1ccccn1. The maximum Gasteiger partial charge on any atom is 0.0917 e. The molecule has 0 aliphatic heterocycles. The molecule has 0 saturated heterocycles. The first kappa shape index (κ1) is 16.4. The lowest BCUT2D eigenvalue weighted by Gasteiger charge is -2.22. The van der Waals surface area contributed by atoms with Crippen LogP contribution in [0, 0.1) is 6.92 Å². The molecule has 1 heterocycles. The third-order valence-electron chi connectivity index (χ3n) is 4.18. The summed E-state index contributed by atoms with van der Waals surface area (Å²) in [5, 5.41) is 14.0. The molecule has 3 aromatic rings. The number of hydrogen-bond donors (Lipinski definition) is 2. The molecular formula is C21H22N2O. The number of benzene rings is 2. The van der Waals surface area contributed by atoms with Crippen LogP contribution < -0.4 is 5.32 Å². The van der Waals surface area contributed by atoms with Gasteiger partial charge in [-0.3, -0.25) is 4.98 Å². The number of hydrogen-bond acceptors (Lipinski definition) is 3. The molecule has 2 unspecified atom stereocenters. The van der Waals surface area contributed by atoms with Crippen LogP contribution >= 0.6 is 0 Å². The van der Waals surface area contributed by atoms with Crippen molar-refractivity contribution in [3.8, 4) is 0 Å². The number of nitrogens with zero attached hydrogens (tertiary/aromatic N) is 1. The second-order valence-electron chi connectivity index (χ2n) is 5.88. The summed E-state index contributed by atoms with van der Waals surface area (Å²) in [6, 6.07) is 24.0. The molecule has 24 heavy (non-hydrogen) atoms. The van der Waals surface area contributed by atoms with Crippen molar-refractivity contribution in [3.63, 3.8) is 0 Å². The van der Waals surface area contributed by atoms with Gasteiger partial charge >= 0.3 is 0 Å². The molecule has 1 aromatic heterocycles. The zero-order valence-electron chi connectivity index (χ0n) is 13.8. The van der Waals surface area contributed by atoms with Crippen molar-refractivity contribution in [2.45, 2.75) is 19.1 Å². The molecule has 0 aliphatic carbocycles. The Bertz CT molecular complexity index is 720. The topological polar surface area (TPSA) is 45.1 Å². The smallest absolute Gasteiger partial charge is 0.0917 e. The zero-order valence-corrected chi connectivity index (χ0v) is 13.8. The molecular weight excluding hydrogens is 296 g/mol. The number of aliphatic hydroxyl groups excluding tert-OH is 1. The molecule has 2 atom stereocenters. The van der Waals surface area contributed by atoms with E-state index in [0.717, 1.165) is 22.4 Å². The van der Waals surface area contributed by atoms with E-state index in [1.54, 1.807) is 6.20 Å². The van der Waals surface area contributed by atoms with Crippen LogP contribution in [0.4, 0.5) is 0 Å². The van der Waals surface area contributed by atoms with Crippen LogP contribution in [-0.2, 0) is 0 Å². The van der Waals surface area contributed by atoms with Crippen LogP contribution in [0.1, 0.15) is 34.5 Å². The number of nitrogens with one attached hydrogen (secondary N) is 1. The van der Waals surface area contributed by atoms with Crippen molar-refractivity contribution in [1.82, 2.24) is 10.3 Å². The summed E-state index contributed by atoms with van der Waals surface area (Å²) in [5.41, 5.74) is 4.13. The minimum Gasteiger partial charge on any atom is -0.387 e. The van der Waals surface area contributed by atoms with Gasteiger partial charge in [-0.15, -0.1) is 0 Å². The van der Waals surface area contributed by atoms with Crippen LogP contribution in [0.25, 0.3) is 0 Å². The Balaban J connectivity index is 1.79. The third-order valence-corrected chi connectivity index (χ3v) is 4.18. The minimum atomic E-state index is -0.555. The molecule has 0 amide bonds. The van der Waals surface area contributed by atoms with E-state index in [2.05, 4.69) is 22.4 Å². The highest BCUT2D eigenvalue weighted by Gasteiger charge is 2.17. The Morgan fingerprint density at radius 1 is 0.917 bits per heavy atom. The first-order valence-electron chi connectivity index (χ1n) is 8.18. The summed E-state index contributed by atoms with van der Waals surface area (Å²) >= 11 is 0. The van der Waals surface area contributed by atoms with Crippen LogP contribution in [0.3, 0.4) is 0 Å². The van der Waals surface area contributed by atoms with Gasteiger partial charge in [0.2, 0.25) is 0 Å². The van der Waals surface area contributed by atoms with E-state index in [9.17, 15) is 5.11 Å². The quantitative estimate of drug-likeness (QED) is 0.726. The molecule has 2 N–H and O–H groups in total. The summed E-state index contributed by atoms with van der Waals surface area (Å²) in [6.45, 7) is 2.48. The number of aromatic nitrogens is 1. The molecule has 0 aliphatic rings. The highest BCUT2D eigenvalue weighted by Crippen LogP contribution is 2.22. The van der Waals surface area contributed by atoms with Gasteiger partial charge in [0.15, 0.2) is 0 Å². The van der Waals surface area contributed by atoms with Gasteiger partial charge in [0.25, 0.3) is 0 Å². The lowest BCUT2D eigenvalue weighted by atomic mass is 10.0. The van der Waals surface area contributed by atoms with Crippen molar-refractivity contribution in [1.29, 1.82) is 0 Å². The third kappa shape index (κ3) is 3.88. The van der Waals surface area contributed by atoms with Gasteiger partial charge in [-0.2, -0.15) is 0 Å². The Morgan fingerprint density at radius 2 is 1.62 bits per heavy atom. The lowest BCUT2D eigenvalue weighted by Crippen LogP contribution is -2.28. The van der Waals surface area contributed by atoms with Crippen molar-refractivity contribution in [2.24, 2.45) is 0 Å². The van der Waals surface area contributed by atoms with Crippen molar-refractivity contribution >= 4 is 0 Å². The maximum absolute atomic E-state index is 10.6. The Hall–Kier alpha value is -2.49. The van der Waals surface area contributed by atoms with E-state index >= 15 is 0 Å². The first-order valence-corrected chi connectivity index (χ1v) is 8.18. The average Bonchev–Trinajstić information content (AvgIpc) is 2.64. The normalized spacial score (nSPS) is 13.4. The number of aryl methyl sites for hydroxylation is 1. The van der Waals surface area contributed by atoms with Crippen molar-refractivity contribution in [3.05, 3.63) is 101 Å². The molecule has 0 spiro atoms. The van der Waals surface area contributed by atoms with Gasteiger partial charge in [-0.1, -0.05) is 60.7 Å². The second kappa shape index (κ2) is 7.86. The molecule has 3 heteroatoms. The molecule has 0 radical (unpaired) electrons. The lowest BCUT2D eigenvalue weighted by molar-refractivity contribution is 0.171. The van der Waals surface area contributed by atoms with Crippen LogP contribution in [-0.4, -0.2) is 16.6 Å². The fraction of sp³-hybridized carbons (Fsp3) is 0.190. The van der Waals surface area contributed by atoms with Gasteiger partial charge < -0.3 is 10.4 Å². The van der Waals surface area contributed by atoms with Gasteiger partial charge in [0.05, 0.1) is 17.8 Å². The largest absolute Gasteiger partial charge is 0.387 e. The van der Waals surface area contributed by atoms with Gasteiger partial charge in [0.1, 0.15) is 0 Å². The fourth-order valence-corrected chi connectivity index (χ4v) is 2.89. The average molecular weight is 318 g/mol. The molecule has 2 aromatic carbocycles. The van der Waals surface area contributed by atoms with E-state index in [0.29, 0.717) is 6.54 Å². The second-order valence-corrected chi connectivity index (χ2v) is 5.88. The Morgan fingerprint density at radius 3 is 2.33 bits per heavy atom. The minimum absolute atomic E-state index is 0.0499. The van der Waals surface area contributed by atoms with Gasteiger partial charge in [0, 0.05) is 12.7 Å². The molecule has 122 valence electrons. The standard InChI is InChI=1S/C21H22N2O/c1-16-9-5-6-12-18(16)20(24)15-23-21(17-10-3-2-4-11-17)19-13-7-8-14-22-19/h2-14,20-21,23-24H,15H2,1H3. The van der Waals surface area contributed by atoms with Gasteiger partial charge in [-0.05, 0) is 35.7 Å². The number of pyridine rings is 1. The summed E-state index contributed by atoms with van der Waals surface area (Å²) in [6.07, 6.45) is 1.24. The van der Waals surface area contributed by atoms with E-state index in [4.69, 9.17) is 0 Å². The monoisotopic (exact) mass is 318 g/mol. The molecule has 3 nitrogen and oxygen atoms in total. The first-order chi connectivity index (χ1) is 11.8. The molecule has 3 rings (SSSR count). The summed E-state index contributed by atoms with van der Waals surface area (Å²) in [5.74, 6) is 0. The van der Waals surface area contributed by atoms with Crippen molar-refractivity contribution in [2.75, 3.05) is 6.54 Å². The number of rotatable bonds is 6. The predicted octanol–water partition coefficient (Wildman–Crippen LogP) is 3.80. The number of aliphatic hydroxyl groups is 1. The fourth-order valence-electron chi connectivity index (χ4n) is 2.89. The van der Waals surface area contributed by atoms with Gasteiger partial charge in [-0.25, -0.2) is 0 Å². The van der Waals surface area contributed by atoms with E-state index < -0.39 is 6.10 Å². The molecule has 0 bridgehead atoms. The van der Waals surface area contributed by atoms with Crippen LogP contribution in [0.2, 0.25) is 0 Å². The maximum atomic E-state index is 10.6. The molecule has 0 fully saturated rings. The molecule has 0 saturated carbocycles. The highest BCUT2D eigenvalue weighted by atomic mass is 16.3. The van der Waals surface area contributed by atoms with Crippen molar-refractivity contribution < 1.29 is 5.11 Å². The Kier molecular flexibility index (Phi) is 5.36. The highest BCUT2D eigenvalue weighted by molar-refractivity contribution is 5.29. The zero-order chi connectivity index (χ0) is 16.8. The van der Waals surface area contributed by atoms with E-state index in [1.165, 1.54) is 0 Å². The van der Waals surface area contributed by atoms with E-state index in [-0.39, 0.29) is 6.04 Å². The summed E-state index contributed by atoms with van der Waals surface area (Å²) in [7, 11) is 0. The van der Waals surface area contributed by atoms with E-state index in [1.807, 2.05) is 67.6 Å². The summed E-state index contributed by atoms with van der Waals surface area (Å²) in [4.78, 5) is 4.48.